The molecule has 1 aromatic carbocycles. The van der Waals surface area contributed by atoms with Gasteiger partial charge in [0.2, 0.25) is 5.91 Å². The Hall–Kier alpha value is -1.72. The molecule has 0 aliphatic rings. The Morgan fingerprint density at radius 2 is 1.61 bits per heavy atom. The summed E-state index contributed by atoms with van der Waals surface area (Å²) in [6.45, 7) is 7.50. The number of aryl methyl sites for hydroxylation is 1. The number of hydrogen-bond acceptors (Lipinski definition) is 4. The van der Waals surface area contributed by atoms with Crippen LogP contribution in [0.3, 0.4) is 0 Å². The molecule has 1 rings (SSSR count). The number of nitrogens with one attached hydrogen (secondary N) is 1. The van der Waals surface area contributed by atoms with E-state index in [4.69, 9.17) is 5.11 Å². The summed E-state index contributed by atoms with van der Waals surface area (Å²) < 4.78 is 0. The first-order chi connectivity index (χ1) is 10.8. The highest BCUT2D eigenvalue weighted by atomic mass is 16.3. The molecule has 3 N–H and O–H groups in total. The van der Waals surface area contributed by atoms with E-state index in [2.05, 4.69) is 24.4 Å². The molecule has 0 heterocycles. The van der Waals surface area contributed by atoms with Crippen molar-refractivity contribution in [3.63, 3.8) is 0 Å². The lowest BCUT2D eigenvalue weighted by Crippen LogP contribution is -2.33. The summed E-state index contributed by atoms with van der Waals surface area (Å²) in [5, 5.41) is 20.6. The van der Waals surface area contributed by atoms with Crippen LogP contribution in [0.5, 0.6) is 0 Å². The molecule has 0 aliphatic carbocycles. The number of rotatable bonds is 7. The number of aliphatic hydroxyl groups excluding tert-OH is 2. The maximum absolute atomic E-state index is 11.3. The van der Waals surface area contributed by atoms with Gasteiger partial charge < -0.3 is 15.5 Å². The first-order valence-electron chi connectivity index (χ1n) is 8.07. The minimum atomic E-state index is -0.894. The summed E-state index contributed by atoms with van der Waals surface area (Å²) in [7, 11) is 0. The largest absolute Gasteiger partial charge is 0.385 e. The molecule has 1 amide bonds. The highest BCUT2D eigenvalue weighted by Gasteiger charge is 2.11. The van der Waals surface area contributed by atoms with E-state index in [9.17, 15) is 14.7 Å². The van der Waals surface area contributed by atoms with E-state index in [0.29, 0.717) is 19.4 Å². The number of amides is 1. The summed E-state index contributed by atoms with van der Waals surface area (Å²) in [5.41, 5.74) is 2.32. The van der Waals surface area contributed by atoms with Gasteiger partial charge in [0.25, 0.3) is 0 Å². The monoisotopic (exact) mass is 323 g/mol. The number of hydrogen-bond donors (Lipinski definition) is 3. The quantitative estimate of drug-likeness (QED) is 0.716. The standard InChI is InChI=1S/C13H19NO2.C5H10O2/c1-3-10-6-5-7-11(8-10)9-14-13(16)12(15)4-2;1-3-5(7)4(2)6/h5-8,12,15H,3-4,9H2,1-2H3,(H,14,16);5,7H,3H2,1-2H3. The summed E-state index contributed by atoms with van der Waals surface area (Å²) >= 11 is 0. The van der Waals surface area contributed by atoms with E-state index in [0.717, 1.165) is 12.0 Å². The van der Waals surface area contributed by atoms with Crippen LogP contribution >= 0.6 is 0 Å². The second-order valence-electron chi connectivity index (χ2n) is 5.35. The SMILES string of the molecule is CCC(O)C(C)=O.CCc1cccc(CNC(=O)C(O)CC)c1. The van der Waals surface area contributed by atoms with Gasteiger partial charge in [0, 0.05) is 6.54 Å². The average Bonchev–Trinajstić information content (AvgIpc) is 2.58. The molecular formula is C18H29NO4. The van der Waals surface area contributed by atoms with Crippen molar-refractivity contribution in [2.24, 2.45) is 0 Å². The van der Waals surface area contributed by atoms with Gasteiger partial charge in [0.05, 0.1) is 0 Å². The van der Waals surface area contributed by atoms with Crippen LogP contribution in [0.4, 0.5) is 0 Å². The number of benzene rings is 1. The van der Waals surface area contributed by atoms with Gasteiger partial charge in [-0.05, 0) is 37.3 Å². The molecule has 0 saturated heterocycles. The van der Waals surface area contributed by atoms with Gasteiger partial charge in [0.1, 0.15) is 12.2 Å². The van der Waals surface area contributed by atoms with Crippen LogP contribution in [-0.4, -0.2) is 34.1 Å². The van der Waals surface area contributed by atoms with Crippen LogP contribution in [0.1, 0.15) is 51.7 Å². The van der Waals surface area contributed by atoms with Crippen molar-refractivity contribution in [3.05, 3.63) is 35.4 Å². The average molecular weight is 323 g/mol. The van der Waals surface area contributed by atoms with Crippen LogP contribution in [0.2, 0.25) is 0 Å². The first-order valence-corrected chi connectivity index (χ1v) is 8.07. The molecule has 5 nitrogen and oxygen atoms in total. The maximum Gasteiger partial charge on any atom is 0.249 e. The summed E-state index contributed by atoms with van der Waals surface area (Å²) in [6.07, 6.45) is 0.324. The maximum atomic E-state index is 11.3. The molecule has 0 aromatic heterocycles. The molecule has 0 spiro atoms. The highest BCUT2D eigenvalue weighted by molar-refractivity contribution is 5.80. The first kappa shape index (κ1) is 21.3. The van der Waals surface area contributed by atoms with Crippen LogP contribution in [0.25, 0.3) is 0 Å². The number of carbonyl (C=O) groups excluding carboxylic acids is 2. The molecule has 0 bridgehead atoms. The van der Waals surface area contributed by atoms with E-state index in [1.807, 2.05) is 12.1 Å². The summed E-state index contributed by atoms with van der Waals surface area (Å²) in [5.74, 6) is -0.452. The van der Waals surface area contributed by atoms with Crippen molar-refractivity contribution >= 4 is 11.7 Å². The van der Waals surface area contributed by atoms with Gasteiger partial charge in [-0.2, -0.15) is 0 Å². The van der Waals surface area contributed by atoms with Crippen molar-refractivity contribution in [1.29, 1.82) is 0 Å². The van der Waals surface area contributed by atoms with Crippen LogP contribution in [-0.2, 0) is 22.6 Å². The fraction of sp³-hybridized carbons (Fsp3) is 0.556. The minimum absolute atomic E-state index is 0.150. The van der Waals surface area contributed by atoms with Crippen molar-refractivity contribution < 1.29 is 19.8 Å². The Labute approximate surface area is 138 Å². The van der Waals surface area contributed by atoms with Crippen molar-refractivity contribution in [2.45, 2.75) is 65.7 Å². The van der Waals surface area contributed by atoms with Gasteiger partial charge >= 0.3 is 0 Å². The third-order valence-corrected chi connectivity index (χ3v) is 3.41. The Kier molecular flexibility index (Phi) is 10.9. The Balaban J connectivity index is 0.000000585. The molecule has 0 fully saturated rings. The highest BCUT2D eigenvalue weighted by Crippen LogP contribution is 2.05. The predicted molar refractivity (Wildman–Crippen MR) is 90.9 cm³/mol. The number of carbonyl (C=O) groups is 2. The van der Waals surface area contributed by atoms with Crippen molar-refractivity contribution in [1.82, 2.24) is 5.32 Å². The third-order valence-electron chi connectivity index (χ3n) is 3.41. The molecule has 5 heteroatoms. The fourth-order valence-electron chi connectivity index (χ4n) is 1.74. The number of Topliss-reactive ketones (excluding diaryl/α,β-unsaturated/α-hetero) is 1. The zero-order valence-electron chi connectivity index (χ0n) is 14.5. The van der Waals surface area contributed by atoms with E-state index >= 15 is 0 Å². The number of ketones is 1. The zero-order chi connectivity index (χ0) is 17.8. The summed E-state index contributed by atoms with van der Waals surface area (Å²) in [6, 6.07) is 8.08. The van der Waals surface area contributed by atoms with Crippen LogP contribution < -0.4 is 5.32 Å². The molecule has 0 saturated carbocycles. The number of aliphatic hydroxyl groups is 2. The smallest absolute Gasteiger partial charge is 0.249 e. The third kappa shape index (κ3) is 9.11. The van der Waals surface area contributed by atoms with E-state index < -0.39 is 12.2 Å². The van der Waals surface area contributed by atoms with Gasteiger partial charge in [-0.15, -0.1) is 0 Å². The Morgan fingerprint density at radius 1 is 1.04 bits per heavy atom. The summed E-state index contributed by atoms with van der Waals surface area (Å²) in [4.78, 5) is 21.5. The van der Waals surface area contributed by atoms with Crippen LogP contribution in [0.15, 0.2) is 24.3 Å². The molecule has 2 unspecified atom stereocenters. The molecular weight excluding hydrogens is 294 g/mol. The Bertz CT molecular complexity index is 488. The van der Waals surface area contributed by atoms with Gasteiger partial charge in [-0.25, -0.2) is 0 Å². The normalized spacial score (nSPS) is 12.6. The topological polar surface area (TPSA) is 86.6 Å². The molecule has 23 heavy (non-hydrogen) atoms. The van der Waals surface area contributed by atoms with Gasteiger partial charge in [-0.1, -0.05) is 45.0 Å². The fourth-order valence-corrected chi connectivity index (χ4v) is 1.74. The van der Waals surface area contributed by atoms with Gasteiger partial charge in [0.15, 0.2) is 5.78 Å². The Morgan fingerprint density at radius 3 is 2.04 bits per heavy atom. The van der Waals surface area contributed by atoms with Crippen LogP contribution in [0, 0.1) is 0 Å². The second-order valence-corrected chi connectivity index (χ2v) is 5.35. The predicted octanol–water partition coefficient (Wildman–Crippen LogP) is 1.98. The lowest BCUT2D eigenvalue weighted by atomic mass is 10.1. The zero-order valence-corrected chi connectivity index (χ0v) is 14.5. The van der Waals surface area contributed by atoms with E-state index in [-0.39, 0.29) is 11.7 Å². The molecule has 2 atom stereocenters. The van der Waals surface area contributed by atoms with Crippen molar-refractivity contribution in [3.8, 4) is 0 Å². The molecule has 1 aromatic rings. The van der Waals surface area contributed by atoms with E-state index in [1.165, 1.54) is 12.5 Å². The molecule has 130 valence electrons. The molecule has 0 radical (unpaired) electrons. The van der Waals surface area contributed by atoms with Crippen molar-refractivity contribution in [2.75, 3.05) is 0 Å². The lowest BCUT2D eigenvalue weighted by molar-refractivity contribution is -0.129. The molecule has 0 aliphatic heterocycles. The lowest BCUT2D eigenvalue weighted by Gasteiger charge is -2.09. The minimum Gasteiger partial charge on any atom is -0.385 e. The van der Waals surface area contributed by atoms with E-state index in [1.54, 1.807) is 13.8 Å². The van der Waals surface area contributed by atoms with Gasteiger partial charge in [-0.3, -0.25) is 9.59 Å². The second kappa shape index (κ2) is 11.8.